The number of amides is 1. The zero-order chi connectivity index (χ0) is 19.9. The van der Waals surface area contributed by atoms with Gasteiger partial charge in [-0.2, -0.15) is 0 Å². The lowest BCUT2D eigenvalue weighted by Crippen LogP contribution is -2.28. The van der Waals surface area contributed by atoms with Crippen LogP contribution < -0.4 is 11.0 Å². The molecule has 1 atom stereocenters. The van der Waals surface area contributed by atoms with E-state index in [0.717, 1.165) is 11.1 Å². The third-order valence-corrected chi connectivity index (χ3v) is 5.59. The molecule has 2 aromatic carbocycles. The maximum Gasteiger partial charge on any atom is 0.343 e. The topological polar surface area (TPSA) is 79.8 Å². The zero-order valence-electron chi connectivity index (χ0n) is 15.4. The average molecular weight is 417 g/mol. The van der Waals surface area contributed by atoms with Gasteiger partial charge < -0.3 is 5.32 Å². The number of halogens is 1. The normalized spacial score (nSPS) is 11.9. The van der Waals surface area contributed by atoms with E-state index in [9.17, 15) is 9.59 Å². The summed E-state index contributed by atoms with van der Waals surface area (Å²) in [6, 6.07) is 17.1. The molecule has 1 heterocycles. The molecule has 1 aromatic heterocycles. The van der Waals surface area contributed by atoms with Gasteiger partial charge in [0.05, 0.1) is 11.8 Å². The molecule has 0 unspecified atom stereocenters. The molecule has 0 radical (unpaired) electrons. The lowest BCUT2D eigenvalue weighted by Gasteiger charge is -2.15. The first-order chi connectivity index (χ1) is 13.5. The molecule has 3 aromatic rings. The van der Waals surface area contributed by atoms with E-state index in [1.54, 1.807) is 10.6 Å². The van der Waals surface area contributed by atoms with Crippen LogP contribution in [-0.4, -0.2) is 26.4 Å². The van der Waals surface area contributed by atoms with Crippen LogP contribution in [0.4, 0.5) is 0 Å². The highest BCUT2D eigenvalue weighted by Crippen LogP contribution is 2.22. The third kappa shape index (κ3) is 5.27. The Kier molecular flexibility index (Phi) is 6.95. The molecular weight excluding hydrogens is 396 g/mol. The van der Waals surface area contributed by atoms with Crippen LogP contribution in [0.25, 0.3) is 0 Å². The number of rotatable bonds is 8. The first-order valence-corrected chi connectivity index (χ1v) is 10.3. The number of aromatic nitrogens is 3. The predicted octanol–water partition coefficient (Wildman–Crippen LogP) is 3.44. The van der Waals surface area contributed by atoms with Crippen LogP contribution in [0.2, 0.25) is 5.02 Å². The first kappa shape index (κ1) is 20.2. The predicted molar refractivity (Wildman–Crippen MR) is 112 cm³/mol. The van der Waals surface area contributed by atoms with Crippen molar-refractivity contribution in [1.29, 1.82) is 0 Å². The van der Waals surface area contributed by atoms with E-state index in [4.69, 9.17) is 11.6 Å². The summed E-state index contributed by atoms with van der Waals surface area (Å²) in [7, 11) is 0. The van der Waals surface area contributed by atoms with Gasteiger partial charge in [-0.15, -0.1) is 5.10 Å². The zero-order valence-corrected chi connectivity index (χ0v) is 17.0. The molecule has 0 saturated carbocycles. The number of H-pyrrole nitrogens is 1. The van der Waals surface area contributed by atoms with Crippen LogP contribution in [0.1, 0.15) is 24.1 Å². The van der Waals surface area contributed by atoms with Gasteiger partial charge >= 0.3 is 5.69 Å². The second-order valence-electron chi connectivity index (χ2n) is 6.30. The van der Waals surface area contributed by atoms with Crippen LogP contribution in [0.5, 0.6) is 0 Å². The molecule has 1 amide bonds. The van der Waals surface area contributed by atoms with Crippen molar-refractivity contribution in [2.75, 3.05) is 5.75 Å². The average Bonchev–Trinajstić information content (AvgIpc) is 3.05. The molecule has 0 aliphatic heterocycles. The monoisotopic (exact) mass is 416 g/mol. The van der Waals surface area contributed by atoms with E-state index in [0.29, 0.717) is 23.1 Å². The van der Waals surface area contributed by atoms with Gasteiger partial charge in [0.15, 0.2) is 5.16 Å². The quantitative estimate of drug-likeness (QED) is 0.551. The summed E-state index contributed by atoms with van der Waals surface area (Å²) in [5, 5.41) is 10.5. The summed E-state index contributed by atoms with van der Waals surface area (Å²) in [4.78, 5) is 24.3. The van der Waals surface area contributed by atoms with Gasteiger partial charge in [0, 0.05) is 11.6 Å². The molecule has 0 fully saturated rings. The Balaban J connectivity index is 1.56. The standard InChI is InChI=1S/C20H21ClN4O2S/c1-14(16-9-5-6-10-17(16)21)22-18(26)13-28-20-24-23-19(27)25(20)12-11-15-7-3-2-4-8-15/h2-10,14H,11-13H2,1H3,(H,22,26)(H,23,27)/t14-/m1/s1. The lowest BCUT2D eigenvalue weighted by atomic mass is 10.1. The van der Waals surface area contributed by atoms with Gasteiger partial charge in [-0.1, -0.05) is 71.9 Å². The summed E-state index contributed by atoms with van der Waals surface area (Å²) >= 11 is 7.40. The van der Waals surface area contributed by atoms with Crippen LogP contribution in [0.3, 0.4) is 0 Å². The van der Waals surface area contributed by atoms with Crippen molar-refractivity contribution in [1.82, 2.24) is 20.1 Å². The number of nitrogens with one attached hydrogen (secondary N) is 2. The SMILES string of the molecule is C[C@@H](NC(=O)CSc1n[nH]c(=O)n1CCc1ccccc1)c1ccccc1Cl. The maximum atomic E-state index is 12.3. The summed E-state index contributed by atoms with van der Waals surface area (Å²) in [5.41, 5.74) is 1.73. The summed E-state index contributed by atoms with van der Waals surface area (Å²) in [5.74, 6) is 0.00668. The van der Waals surface area contributed by atoms with Gasteiger partial charge in [-0.3, -0.25) is 9.36 Å². The minimum absolute atomic E-state index is 0.150. The van der Waals surface area contributed by atoms with E-state index >= 15 is 0 Å². The molecule has 0 aliphatic carbocycles. The Morgan fingerprint density at radius 1 is 1.21 bits per heavy atom. The smallest absolute Gasteiger partial charge is 0.343 e. The molecule has 28 heavy (non-hydrogen) atoms. The van der Waals surface area contributed by atoms with E-state index in [2.05, 4.69) is 15.5 Å². The highest BCUT2D eigenvalue weighted by Gasteiger charge is 2.15. The van der Waals surface area contributed by atoms with Crippen LogP contribution in [0.15, 0.2) is 64.5 Å². The fourth-order valence-corrected chi connectivity index (χ4v) is 3.90. The van der Waals surface area contributed by atoms with Crippen molar-refractivity contribution in [3.8, 4) is 0 Å². The van der Waals surface area contributed by atoms with Crippen molar-refractivity contribution >= 4 is 29.3 Å². The molecule has 146 valence electrons. The number of aryl methyl sites for hydroxylation is 1. The molecule has 6 nitrogen and oxygen atoms in total. The third-order valence-electron chi connectivity index (χ3n) is 4.27. The Hall–Kier alpha value is -2.51. The molecule has 0 bridgehead atoms. The van der Waals surface area contributed by atoms with Crippen LogP contribution >= 0.6 is 23.4 Å². The van der Waals surface area contributed by atoms with Gasteiger partial charge in [-0.05, 0) is 30.5 Å². The summed E-state index contributed by atoms with van der Waals surface area (Å²) in [6.07, 6.45) is 0.712. The number of benzene rings is 2. The number of hydrogen-bond donors (Lipinski definition) is 2. The van der Waals surface area contributed by atoms with Crippen molar-refractivity contribution in [2.45, 2.75) is 31.1 Å². The minimum atomic E-state index is -0.275. The van der Waals surface area contributed by atoms with Crippen molar-refractivity contribution in [3.05, 3.63) is 81.2 Å². The Morgan fingerprint density at radius 3 is 2.68 bits per heavy atom. The number of nitrogens with zero attached hydrogens (tertiary/aromatic N) is 2. The van der Waals surface area contributed by atoms with E-state index in [-0.39, 0.29) is 23.4 Å². The van der Waals surface area contributed by atoms with E-state index in [1.165, 1.54) is 11.8 Å². The Morgan fingerprint density at radius 2 is 1.93 bits per heavy atom. The fraction of sp³-hybridized carbons (Fsp3) is 0.250. The van der Waals surface area contributed by atoms with Crippen molar-refractivity contribution < 1.29 is 4.79 Å². The highest BCUT2D eigenvalue weighted by molar-refractivity contribution is 7.99. The molecule has 0 aliphatic rings. The summed E-state index contributed by atoms with van der Waals surface area (Å²) in [6.45, 7) is 2.38. The maximum absolute atomic E-state index is 12.3. The van der Waals surface area contributed by atoms with E-state index in [1.807, 2.05) is 55.5 Å². The van der Waals surface area contributed by atoms with Crippen LogP contribution in [-0.2, 0) is 17.8 Å². The van der Waals surface area contributed by atoms with Crippen LogP contribution in [0, 0.1) is 0 Å². The number of thioether (sulfide) groups is 1. The van der Waals surface area contributed by atoms with E-state index < -0.39 is 0 Å². The summed E-state index contributed by atoms with van der Waals surface area (Å²) < 4.78 is 1.56. The molecule has 8 heteroatoms. The van der Waals surface area contributed by atoms with Crippen molar-refractivity contribution in [3.63, 3.8) is 0 Å². The molecule has 0 saturated heterocycles. The van der Waals surface area contributed by atoms with Gasteiger partial charge in [0.25, 0.3) is 0 Å². The molecule has 3 rings (SSSR count). The number of carbonyl (C=O) groups excluding carboxylic acids is 1. The Bertz CT molecular complexity index is 987. The van der Waals surface area contributed by atoms with Gasteiger partial charge in [0.1, 0.15) is 0 Å². The fourth-order valence-electron chi connectivity index (χ4n) is 2.81. The lowest BCUT2D eigenvalue weighted by molar-refractivity contribution is -0.119. The first-order valence-electron chi connectivity index (χ1n) is 8.90. The number of hydrogen-bond acceptors (Lipinski definition) is 4. The van der Waals surface area contributed by atoms with Crippen molar-refractivity contribution in [2.24, 2.45) is 0 Å². The Labute approximate surface area is 172 Å². The molecule has 0 spiro atoms. The van der Waals surface area contributed by atoms with Gasteiger partial charge in [-0.25, -0.2) is 9.89 Å². The molecule has 2 N–H and O–H groups in total. The second-order valence-corrected chi connectivity index (χ2v) is 7.65. The number of aromatic amines is 1. The molecular formula is C20H21ClN4O2S. The number of carbonyl (C=O) groups is 1. The van der Waals surface area contributed by atoms with Gasteiger partial charge in [0.2, 0.25) is 5.91 Å². The minimum Gasteiger partial charge on any atom is -0.349 e. The second kappa shape index (κ2) is 9.61. The highest BCUT2D eigenvalue weighted by atomic mass is 35.5. The largest absolute Gasteiger partial charge is 0.349 e.